The standard InChI is InChI=1S/C23H23N9O/c1-4-30-13-19(16(3)28-30)20-9-10-24-21-18(11-26-32(20)21)22(33)27-23-25-14-31(29-23)12-17-8-6-5-7-15(17)2/h5-11,13-14H,4,12H2,1-3H3,(H,27,29,33). The van der Waals surface area contributed by atoms with Gasteiger partial charge in [-0.1, -0.05) is 24.3 Å². The van der Waals surface area contributed by atoms with Gasteiger partial charge in [0.1, 0.15) is 11.9 Å². The van der Waals surface area contributed by atoms with Gasteiger partial charge in [0.25, 0.3) is 5.91 Å². The molecule has 1 amide bonds. The number of carbonyl (C=O) groups is 1. The van der Waals surface area contributed by atoms with Crippen LogP contribution in [0, 0.1) is 13.8 Å². The predicted molar refractivity (Wildman–Crippen MR) is 123 cm³/mol. The fourth-order valence-electron chi connectivity index (χ4n) is 3.75. The molecule has 0 atom stereocenters. The average Bonchev–Trinajstić information content (AvgIpc) is 3.53. The van der Waals surface area contributed by atoms with Crippen LogP contribution in [0.4, 0.5) is 5.95 Å². The third kappa shape index (κ3) is 3.86. The second-order valence-corrected chi connectivity index (χ2v) is 7.75. The third-order valence-corrected chi connectivity index (χ3v) is 5.55. The molecule has 0 aliphatic carbocycles. The zero-order chi connectivity index (χ0) is 22.9. The number of hydrogen-bond acceptors (Lipinski definition) is 6. The van der Waals surface area contributed by atoms with Crippen molar-refractivity contribution in [2.75, 3.05) is 5.32 Å². The molecule has 0 spiro atoms. The van der Waals surface area contributed by atoms with Crippen molar-refractivity contribution in [3.8, 4) is 11.3 Å². The molecule has 0 radical (unpaired) electrons. The predicted octanol–water partition coefficient (Wildman–Crippen LogP) is 3.12. The summed E-state index contributed by atoms with van der Waals surface area (Å²) in [6.45, 7) is 7.37. The second-order valence-electron chi connectivity index (χ2n) is 7.75. The first-order chi connectivity index (χ1) is 16.0. The summed E-state index contributed by atoms with van der Waals surface area (Å²) >= 11 is 0. The first kappa shape index (κ1) is 20.6. The van der Waals surface area contributed by atoms with Gasteiger partial charge in [0, 0.05) is 24.5 Å². The first-order valence-corrected chi connectivity index (χ1v) is 10.7. The summed E-state index contributed by atoms with van der Waals surface area (Å²) in [5, 5.41) is 16.0. The van der Waals surface area contributed by atoms with Gasteiger partial charge in [-0.25, -0.2) is 19.2 Å². The molecule has 10 nitrogen and oxygen atoms in total. The number of carbonyl (C=O) groups excluding carboxylic acids is 1. The van der Waals surface area contributed by atoms with Gasteiger partial charge in [-0.15, -0.1) is 5.10 Å². The van der Waals surface area contributed by atoms with Crippen LogP contribution in [-0.2, 0) is 13.1 Å². The van der Waals surface area contributed by atoms with E-state index in [0.717, 1.165) is 29.1 Å². The van der Waals surface area contributed by atoms with Crippen LogP contribution >= 0.6 is 0 Å². The van der Waals surface area contributed by atoms with Gasteiger partial charge < -0.3 is 0 Å². The number of anilines is 1. The maximum Gasteiger partial charge on any atom is 0.263 e. The number of hydrogen-bond donors (Lipinski definition) is 1. The van der Waals surface area contributed by atoms with E-state index >= 15 is 0 Å². The Labute approximate surface area is 189 Å². The van der Waals surface area contributed by atoms with Crippen LogP contribution in [0.2, 0.25) is 0 Å². The van der Waals surface area contributed by atoms with E-state index in [1.54, 1.807) is 21.7 Å². The topological polar surface area (TPSA) is 108 Å². The van der Waals surface area contributed by atoms with Crippen molar-refractivity contribution in [2.45, 2.75) is 33.9 Å². The molecular weight excluding hydrogens is 418 g/mol. The minimum absolute atomic E-state index is 0.226. The number of amides is 1. The summed E-state index contributed by atoms with van der Waals surface area (Å²) in [5.41, 5.74) is 5.75. The van der Waals surface area contributed by atoms with Crippen molar-refractivity contribution in [3.05, 3.63) is 77.6 Å². The smallest absolute Gasteiger partial charge is 0.263 e. The van der Waals surface area contributed by atoms with E-state index in [-0.39, 0.29) is 11.9 Å². The number of benzene rings is 1. The fraction of sp³-hybridized carbons (Fsp3) is 0.217. The van der Waals surface area contributed by atoms with Crippen LogP contribution in [0.15, 0.2) is 55.2 Å². The quantitative estimate of drug-likeness (QED) is 0.434. The maximum absolute atomic E-state index is 13.0. The van der Waals surface area contributed by atoms with E-state index < -0.39 is 0 Å². The number of rotatable bonds is 6. The zero-order valence-electron chi connectivity index (χ0n) is 18.6. The highest BCUT2D eigenvalue weighted by Gasteiger charge is 2.19. The van der Waals surface area contributed by atoms with E-state index in [0.29, 0.717) is 17.8 Å². The molecule has 0 bridgehead atoms. The monoisotopic (exact) mass is 441 g/mol. The Morgan fingerprint density at radius 3 is 2.70 bits per heavy atom. The van der Waals surface area contributed by atoms with Crippen LogP contribution in [0.5, 0.6) is 0 Å². The van der Waals surface area contributed by atoms with Crippen molar-refractivity contribution in [3.63, 3.8) is 0 Å². The summed E-state index contributed by atoms with van der Waals surface area (Å²) < 4.78 is 5.22. The molecule has 5 aromatic rings. The number of fused-ring (bicyclic) bond motifs is 1. The lowest BCUT2D eigenvalue weighted by Gasteiger charge is -2.05. The van der Waals surface area contributed by atoms with Crippen molar-refractivity contribution in [2.24, 2.45) is 0 Å². The Kier molecular flexibility index (Phi) is 5.17. The van der Waals surface area contributed by atoms with Gasteiger partial charge in [0.05, 0.1) is 24.1 Å². The van der Waals surface area contributed by atoms with E-state index in [2.05, 4.69) is 43.6 Å². The molecule has 1 N–H and O–H groups in total. The van der Waals surface area contributed by atoms with E-state index in [1.165, 1.54) is 11.8 Å². The van der Waals surface area contributed by atoms with Gasteiger partial charge in [0.15, 0.2) is 5.65 Å². The Morgan fingerprint density at radius 2 is 1.91 bits per heavy atom. The van der Waals surface area contributed by atoms with Crippen molar-refractivity contribution >= 4 is 17.5 Å². The maximum atomic E-state index is 13.0. The summed E-state index contributed by atoms with van der Waals surface area (Å²) in [4.78, 5) is 21.6. The van der Waals surface area contributed by atoms with Crippen LogP contribution in [0.25, 0.3) is 16.9 Å². The number of aryl methyl sites for hydroxylation is 3. The van der Waals surface area contributed by atoms with Crippen LogP contribution in [0.1, 0.15) is 34.1 Å². The van der Waals surface area contributed by atoms with Gasteiger partial charge in [-0.05, 0) is 38.0 Å². The Morgan fingerprint density at radius 1 is 1.06 bits per heavy atom. The molecule has 0 unspecified atom stereocenters. The molecule has 166 valence electrons. The van der Waals surface area contributed by atoms with E-state index in [4.69, 9.17) is 0 Å². The highest BCUT2D eigenvalue weighted by atomic mass is 16.1. The van der Waals surface area contributed by atoms with Gasteiger partial charge in [0.2, 0.25) is 5.95 Å². The lowest BCUT2D eigenvalue weighted by molar-refractivity contribution is 0.102. The minimum Gasteiger partial charge on any atom is -0.289 e. The Balaban J connectivity index is 1.39. The average molecular weight is 441 g/mol. The van der Waals surface area contributed by atoms with Gasteiger partial charge in [-0.2, -0.15) is 10.2 Å². The van der Waals surface area contributed by atoms with Gasteiger partial charge >= 0.3 is 0 Å². The molecular formula is C23H23N9O. The number of nitrogens with zero attached hydrogens (tertiary/aromatic N) is 8. The molecule has 0 aliphatic heterocycles. The zero-order valence-corrected chi connectivity index (χ0v) is 18.6. The molecule has 33 heavy (non-hydrogen) atoms. The SMILES string of the molecule is CCn1cc(-c2ccnc3c(C(=O)Nc4ncn(Cc5ccccc5C)n4)cnn23)c(C)n1. The summed E-state index contributed by atoms with van der Waals surface area (Å²) in [6.07, 6.45) is 6.74. The Bertz CT molecular complexity index is 1460. The highest BCUT2D eigenvalue weighted by Crippen LogP contribution is 2.24. The molecule has 1 aromatic carbocycles. The first-order valence-electron chi connectivity index (χ1n) is 10.7. The summed E-state index contributed by atoms with van der Waals surface area (Å²) in [5.74, 6) is -0.145. The van der Waals surface area contributed by atoms with Gasteiger partial charge in [-0.3, -0.25) is 14.8 Å². The molecule has 0 saturated carbocycles. The minimum atomic E-state index is -0.371. The largest absolute Gasteiger partial charge is 0.289 e. The highest BCUT2D eigenvalue weighted by molar-refractivity contribution is 6.07. The molecule has 4 aromatic heterocycles. The van der Waals surface area contributed by atoms with E-state index in [9.17, 15) is 4.79 Å². The fourth-order valence-corrected chi connectivity index (χ4v) is 3.75. The number of aromatic nitrogens is 8. The normalized spacial score (nSPS) is 11.2. The van der Waals surface area contributed by atoms with Crippen LogP contribution in [-0.4, -0.2) is 45.1 Å². The third-order valence-electron chi connectivity index (χ3n) is 5.55. The lowest BCUT2D eigenvalue weighted by Crippen LogP contribution is -2.14. The molecule has 0 saturated heterocycles. The van der Waals surface area contributed by atoms with Crippen molar-refractivity contribution in [1.29, 1.82) is 0 Å². The summed E-state index contributed by atoms with van der Waals surface area (Å²) in [7, 11) is 0. The Hall–Kier alpha value is -4.34. The molecule has 0 fully saturated rings. The van der Waals surface area contributed by atoms with Crippen molar-refractivity contribution in [1.82, 2.24) is 39.1 Å². The second kappa shape index (κ2) is 8.30. The van der Waals surface area contributed by atoms with Crippen molar-refractivity contribution < 1.29 is 4.79 Å². The molecule has 0 aliphatic rings. The van der Waals surface area contributed by atoms with Crippen LogP contribution < -0.4 is 5.32 Å². The van der Waals surface area contributed by atoms with Crippen LogP contribution in [0.3, 0.4) is 0 Å². The number of nitrogens with one attached hydrogen (secondary N) is 1. The molecule has 10 heteroatoms. The van der Waals surface area contributed by atoms with E-state index in [1.807, 2.05) is 49.0 Å². The molecule has 4 heterocycles. The lowest BCUT2D eigenvalue weighted by atomic mass is 10.1. The molecule has 5 rings (SSSR count). The summed E-state index contributed by atoms with van der Waals surface area (Å²) in [6, 6.07) is 9.95.